The van der Waals surface area contributed by atoms with Crippen LogP contribution in [0.25, 0.3) is 33.3 Å². The first-order valence-electron chi connectivity index (χ1n) is 12.3. The second-order valence-electron chi connectivity index (χ2n) is 9.37. The third kappa shape index (κ3) is 5.42. The number of aromatic nitrogens is 4. The van der Waals surface area contributed by atoms with E-state index in [2.05, 4.69) is 15.2 Å². The van der Waals surface area contributed by atoms with E-state index >= 15 is 0 Å². The third-order valence-electron chi connectivity index (χ3n) is 6.32. The number of H-pyrrole nitrogens is 1. The fourth-order valence-electron chi connectivity index (χ4n) is 4.45. The molecule has 10 heteroatoms. The molecule has 3 heterocycles. The van der Waals surface area contributed by atoms with Gasteiger partial charge in [-0.3, -0.25) is 9.89 Å². The zero-order valence-corrected chi connectivity index (χ0v) is 21.1. The number of hydrogen-bond donors (Lipinski definition) is 2. The van der Waals surface area contributed by atoms with E-state index < -0.39 is 29.9 Å². The Hall–Kier alpha value is -4.44. The van der Waals surface area contributed by atoms with Gasteiger partial charge >= 0.3 is 6.18 Å². The molecule has 0 amide bonds. The van der Waals surface area contributed by atoms with Crippen molar-refractivity contribution in [2.75, 3.05) is 6.61 Å². The van der Waals surface area contributed by atoms with E-state index in [1.54, 1.807) is 18.3 Å². The van der Waals surface area contributed by atoms with E-state index in [4.69, 9.17) is 4.74 Å². The Morgan fingerprint density at radius 1 is 1.00 bits per heavy atom. The second kappa shape index (κ2) is 10.4. The molecule has 5 rings (SSSR count). The van der Waals surface area contributed by atoms with Gasteiger partial charge in [-0.05, 0) is 66.9 Å². The van der Waals surface area contributed by atoms with Crippen molar-refractivity contribution in [2.45, 2.75) is 32.2 Å². The lowest BCUT2D eigenvalue weighted by Crippen LogP contribution is -2.27. The highest BCUT2D eigenvalue weighted by Gasteiger charge is 2.31. The first-order valence-corrected chi connectivity index (χ1v) is 12.3. The number of rotatable bonds is 7. The number of nitrogens with one attached hydrogen (secondary N) is 1. The van der Waals surface area contributed by atoms with Crippen LogP contribution in [-0.2, 0) is 6.18 Å². The highest BCUT2D eigenvalue weighted by Crippen LogP contribution is 2.32. The lowest BCUT2D eigenvalue weighted by Gasteiger charge is -2.19. The molecule has 0 saturated carbocycles. The Morgan fingerprint density at radius 2 is 1.77 bits per heavy atom. The van der Waals surface area contributed by atoms with Crippen molar-refractivity contribution in [3.63, 3.8) is 0 Å². The van der Waals surface area contributed by atoms with Gasteiger partial charge in [-0.1, -0.05) is 18.2 Å². The van der Waals surface area contributed by atoms with Crippen LogP contribution in [0, 0.1) is 0 Å². The zero-order chi connectivity index (χ0) is 27.7. The molecular formula is C29H25F3N4O3. The van der Waals surface area contributed by atoms with Crippen LogP contribution in [0.15, 0.2) is 83.9 Å². The second-order valence-corrected chi connectivity index (χ2v) is 9.37. The van der Waals surface area contributed by atoms with Gasteiger partial charge in [-0.2, -0.15) is 18.3 Å². The number of hydrogen-bond acceptors (Lipinski definition) is 5. The largest absolute Gasteiger partial charge is 0.475 e. The number of nitrogens with zero attached hydrogens (tertiary/aromatic N) is 3. The predicted octanol–water partition coefficient (Wildman–Crippen LogP) is 5.84. The summed E-state index contributed by atoms with van der Waals surface area (Å²) in [5.74, 6) is 0.515. The molecule has 2 aromatic carbocycles. The Kier molecular flexibility index (Phi) is 6.96. The molecule has 1 atom stereocenters. The monoisotopic (exact) mass is 534 g/mol. The molecule has 0 unspecified atom stereocenters. The molecule has 0 spiro atoms. The Labute approximate surface area is 221 Å². The van der Waals surface area contributed by atoms with Crippen molar-refractivity contribution in [3.05, 3.63) is 101 Å². The number of ether oxygens (including phenoxy) is 1. The van der Waals surface area contributed by atoms with Gasteiger partial charge in [0, 0.05) is 35.5 Å². The van der Waals surface area contributed by atoms with Crippen molar-refractivity contribution in [1.29, 1.82) is 0 Å². The molecule has 0 fully saturated rings. The maximum Gasteiger partial charge on any atom is 0.416 e. The molecule has 0 aliphatic carbocycles. The predicted molar refractivity (Wildman–Crippen MR) is 141 cm³/mol. The van der Waals surface area contributed by atoms with Crippen molar-refractivity contribution in [1.82, 2.24) is 19.7 Å². The van der Waals surface area contributed by atoms with Crippen LogP contribution in [0.1, 0.15) is 31.0 Å². The van der Waals surface area contributed by atoms with Crippen LogP contribution in [0.2, 0.25) is 0 Å². The van der Waals surface area contributed by atoms with E-state index in [-0.39, 0.29) is 11.7 Å². The number of fused-ring (bicyclic) bond motifs is 1. The Bertz CT molecular complexity index is 1670. The lowest BCUT2D eigenvalue weighted by atomic mass is 10.0. The van der Waals surface area contributed by atoms with Gasteiger partial charge in [-0.15, -0.1) is 0 Å². The normalized spacial score (nSPS) is 12.7. The lowest BCUT2D eigenvalue weighted by molar-refractivity contribution is -0.137. The third-order valence-corrected chi connectivity index (χ3v) is 6.32. The average molecular weight is 535 g/mol. The summed E-state index contributed by atoms with van der Waals surface area (Å²) in [7, 11) is 0. The molecule has 0 radical (unpaired) electrons. The zero-order valence-electron chi connectivity index (χ0n) is 21.1. The van der Waals surface area contributed by atoms with E-state index in [0.29, 0.717) is 17.1 Å². The van der Waals surface area contributed by atoms with Crippen LogP contribution in [-0.4, -0.2) is 37.6 Å². The highest BCUT2D eigenvalue weighted by atomic mass is 19.4. The molecule has 0 bridgehead atoms. The quantitative estimate of drug-likeness (QED) is 0.274. The number of halogens is 3. The van der Waals surface area contributed by atoms with E-state index in [1.165, 1.54) is 29.0 Å². The van der Waals surface area contributed by atoms with Gasteiger partial charge in [0.2, 0.25) is 5.88 Å². The van der Waals surface area contributed by atoms with Crippen LogP contribution in [0.5, 0.6) is 5.88 Å². The maximum absolute atomic E-state index is 13.2. The number of benzene rings is 2. The van der Waals surface area contributed by atoms with Gasteiger partial charge in [0.05, 0.1) is 29.8 Å². The van der Waals surface area contributed by atoms with Crippen LogP contribution >= 0.6 is 0 Å². The summed E-state index contributed by atoms with van der Waals surface area (Å²) in [5, 5.41) is 18.2. The maximum atomic E-state index is 13.2. The molecule has 2 N–H and O–H groups in total. The summed E-state index contributed by atoms with van der Waals surface area (Å²) in [4.78, 5) is 17.4. The smallest absolute Gasteiger partial charge is 0.416 e. The molecule has 3 aromatic heterocycles. The molecule has 7 nitrogen and oxygen atoms in total. The first kappa shape index (κ1) is 26.2. The minimum absolute atomic E-state index is 0.00490. The van der Waals surface area contributed by atoms with Crippen molar-refractivity contribution < 1.29 is 23.0 Å². The minimum atomic E-state index is -4.53. The Balaban J connectivity index is 1.47. The first-order chi connectivity index (χ1) is 18.6. The molecule has 200 valence electrons. The van der Waals surface area contributed by atoms with Gasteiger partial charge < -0.3 is 14.4 Å². The molecule has 39 heavy (non-hydrogen) atoms. The van der Waals surface area contributed by atoms with Gasteiger partial charge in [0.15, 0.2) is 0 Å². The summed E-state index contributed by atoms with van der Waals surface area (Å²) in [6.07, 6.45) is -1.36. The van der Waals surface area contributed by atoms with Gasteiger partial charge in [0.1, 0.15) is 5.69 Å². The molecular weight excluding hydrogens is 509 g/mol. The van der Waals surface area contributed by atoms with Crippen LogP contribution in [0.4, 0.5) is 13.2 Å². The fourth-order valence-corrected chi connectivity index (χ4v) is 4.45. The number of alkyl halides is 3. The van der Waals surface area contributed by atoms with Crippen LogP contribution < -0.4 is 10.3 Å². The Morgan fingerprint density at radius 3 is 2.44 bits per heavy atom. The van der Waals surface area contributed by atoms with Crippen molar-refractivity contribution in [2.24, 2.45) is 0 Å². The van der Waals surface area contributed by atoms with E-state index in [1.807, 2.05) is 38.1 Å². The van der Waals surface area contributed by atoms with E-state index in [0.717, 1.165) is 34.2 Å². The molecule has 5 aromatic rings. The minimum Gasteiger partial charge on any atom is -0.475 e. The van der Waals surface area contributed by atoms with Gasteiger partial charge in [-0.25, -0.2) is 4.98 Å². The highest BCUT2D eigenvalue weighted by molar-refractivity contribution is 5.95. The number of aliphatic hydroxyl groups is 1. The standard InChI is InChI=1S/C29H25F3N4O3/c1-17(2)39-26-9-7-21(15-33-26)28-23-13-18(6-8-24(23)34-35-28)19-10-11-36(27(38)14-19)25(16-37)20-4-3-5-22(12-20)29(30,31)32/h3-15,17,25,37H,16H2,1-2H3,(H,34,35)/t25-/m1/s1. The number of aliphatic hydroxyl groups excluding tert-OH is 1. The topological polar surface area (TPSA) is 93.0 Å². The van der Waals surface area contributed by atoms with E-state index in [9.17, 15) is 23.1 Å². The summed E-state index contributed by atoms with van der Waals surface area (Å²) in [5.41, 5.74) is 2.53. The molecule has 0 aliphatic heterocycles. The molecule has 0 aliphatic rings. The summed E-state index contributed by atoms with van der Waals surface area (Å²) in [6.45, 7) is 3.30. The number of aromatic amines is 1. The number of pyridine rings is 2. The van der Waals surface area contributed by atoms with Crippen molar-refractivity contribution in [3.8, 4) is 28.3 Å². The SMILES string of the molecule is CC(C)Oc1ccc(-c2n[nH]c3ccc(-c4ccn([C@H](CO)c5cccc(C(F)(F)F)c5)c(=O)c4)cc23)cn1. The fraction of sp³-hybridized carbons (Fsp3) is 0.207. The molecule has 0 saturated heterocycles. The van der Waals surface area contributed by atoms with Gasteiger partial charge in [0.25, 0.3) is 5.56 Å². The summed E-state index contributed by atoms with van der Waals surface area (Å²) < 4.78 is 46.4. The van der Waals surface area contributed by atoms with Crippen LogP contribution in [0.3, 0.4) is 0 Å². The summed E-state index contributed by atoms with van der Waals surface area (Å²) >= 11 is 0. The average Bonchev–Trinajstić information content (AvgIpc) is 3.33. The summed E-state index contributed by atoms with van der Waals surface area (Å²) in [6, 6.07) is 16.0. The van der Waals surface area contributed by atoms with Crippen molar-refractivity contribution >= 4 is 10.9 Å².